The molecule has 4 heteroatoms. The van der Waals surface area contributed by atoms with Crippen LogP contribution in [-0.4, -0.2) is 16.5 Å². The van der Waals surface area contributed by atoms with Crippen molar-refractivity contribution in [2.45, 2.75) is 20.4 Å². The monoisotopic (exact) mass is 242 g/mol. The summed E-state index contributed by atoms with van der Waals surface area (Å²) in [4.78, 5) is 11.0. The van der Waals surface area contributed by atoms with Gasteiger partial charge in [0.1, 0.15) is 11.6 Å². The Morgan fingerprint density at radius 1 is 1.11 bits per heavy atom. The molecule has 0 atom stereocenters. The number of hydrogen-bond acceptors (Lipinski definition) is 4. The molecule has 18 heavy (non-hydrogen) atoms. The molecule has 4 nitrogen and oxygen atoms in total. The lowest BCUT2D eigenvalue weighted by molar-refractivity contribution is 0.791. The van der Waals surface area contributed by atoms with Crippen molar-refractivity contribution in [3.05, 3.63) is 47.8 Å². The minimum atomic E-state index is 0.545. The van der Waals surface area contributed by atoms with Crippen LogP contribution in [0.15, 0.2) is 36.4 Å². The molecule has 0 radical (unpaired) electrons. The van der Waals surface area contributed by atoms with Crippen molar-refractivity contribution in [1.82, 2.24) is 9.97 Å². The minimum Gasteiger partial charge on any atom is -0.384 e. The Hall–Kier alpha value is -2.10. The van der Waals surface area contributed by atoms with Crippen molar-refractivity contribution in [3.63, 3.8) is 0 Å². The van der Waals surface area contributed by atoms with Gasteiger partial charge < -0.3 is 10.6 Å². The molecule has 2 aromatic heterocycles. The van der Waals surface area contributed by atoms with Crippen LogP contribution in [-0.2, 0) is 6.54 Å². The third-order valence-electron chi connectivity index (χ3n) is 2.76. The van der Waals surface area contributed by atoms with E-state index < -0.39 is 0 Å². The summed E-state index contributed by atoms with van der Waals surface area (Å²) >= 11 is 0. The quantitative estimate of drug-likeness (QED) is 0.894. The zero-order valence-electron chi connectivity index (χ0n) is 10.8. The molecule has 0 saturated carbocycles. The fraction of sp³-hybridized carbons (Fsp3) is 0.286. The summed E-state index contributed by atoms with van der Waals surface area (Å²) in [7, 11) is 0. The molecule has 0 aliphatic heterocycles. The first-order chi connectivity index (χ1) is 8.69. The zero-order valence-corrected chi connectivity index (χ0v) is 10.8. The van der Waals surface area contributed by atoms with Crippen molar-refractivity contribution in [1.29, 1.82) is 0 Å². The van der Waals surface area contributed by atoms with Crippen LogP contribution in [0.3, 0.4) is 0 Å². The average molecular weight is 242 g/mol. The maximum atomic E-state index is 5.72. The standard InChI is InChI=1S/C14H18N4/c1-3-18(14-9-5-8-13(15)17-14)10-12-7-4-6-11(2)16-12/h4-9H,3,10H2,1-2H3,(H2,15,17). The van der Waals surface area contributed by atoms with E-state index in [1.807, 2.05) is 37.3 Å². The van der Waals surface area contributed by atoms with Crippen molar-refractivity contribution < 1.29 is 0 Å². The summed E-state index contributed by atoms with van der Waals surface area (Å²) in [5.41, 5.74) is 7.79. The highest BCUT2D eigenvalue weighted by Crippen LogP contribution is 2.15. The van der Waals surface area contributed by atoms with Gasteiger partial charge in [-0.3, -0.25) is 4.98 Å². The number of anilines is 2. The van der Waals surface area contributed by atoms with E-state index in [1.54, 1.807) is 6.07 Å². The van der Waals surface area contributed by atoms with Gasteiger partial charge in [-0.25, -0.2) is 4.98 Å². The van der Waals surface area contributed by atoms with E-state index >= 15 is 0 Å². The number of hydrogen-bond donors (Lipinski definition) is 1. The van der Waals surface area contributed by atoms with E-state index in [2.05, 4.69) is 21.8 Å². The van der Waals surface area contributed by atoms with Gasteiger partial charge in [-0.2, -0.15) is 0 Å². The molecule has 0 saturated heterocycles. The van der Waals surface area contributed by atoms with Crippen LogP contribution in [0.5, 0.6) is 0 Å². The maximum absolute atomic E-state index is 5.72. The third-order valence-corrected chi connectivity index (χ3v) is 2.76. The highest BCUT2D eigenvalue weighted by atomic mass is 15.2. The number of pyridine rings is 2. The second kappa shape index (κ2) is 5.49. The summed E-state index contributed by atoms with van der Waals surface area (Å²) in [6.07, 6.45) is 0. The van der Waals surface area contributed by atoms with Crippen LogP contribution in [0.1, 0.15) is 18.3 Å². The normalized spacial score (nSPS) is 10.3. The highest BCUT2D eigenvalue weighted by molar-refractivity contribution is 5.44. The first-order valence-electron chi connectivity index (χ1n) is 6.09. The van der Waals surface area contributed by atoms with E-state index in [9.17, 15) is 0 Å². The van der Waals surface area contributed by atoms with Crippen LogP contribution in [0.25, 0.3) is 0 Å². The SMILES string of the molecule is CCN(Cc1cccc(C)n1)c1cccc(N)n1. The Balaban J connectivity index is 2.19. The van der Waals surface area contributed by atoms with Crippen molar-refractivity contribution in [2.24, 2.45) is 0 Å². The van der Waals surface area contributed by atoms with Crippen LogP contribution in [0, 0.1) is 6.92 Å². The smallest absolute Gasteiger partial charge is 0.131 e. The van der Waals surface area contributed by atoms with Crippen molar-refractivity contribution >= 4 is 11.6 Å². The maximum Gasteiger partial charge on any atom is 0.131 e. The Bertz CT molecular complexity index is 525. The number of rotatable bonds is 4. The zero-order chi connectivity index (χ0) is 13.0. The lowest BCUT2D eigenvalue weighted by atomic mass is 10.3. The molecule has 2 aromatic rings. The minimum absolute atomic E-state index is 0.545. The molecule has 2 rings (SSSR count). The summed E-state index contributed by atoms with van der Waals surface area (Å²) in [6.45, 7) is 5.71. The van der Waals surface area contributed by atoms with Gasteiger partial charge in [0.25, 0.3) is 0 Å². The second-order valence-corrected chi connectivity index (χ2v) is 4.21. The number of aromatic nitrogens is 2. The number of nitrogens with two attached hydrogens (primary N) is 1. The van der Waals surface area contributed by atoms with Gasteiger partial charge in [0, 0.05) is 12.2 Å². The van der Waals surface area contributed by atoms with Gasteiger partial charge in [-0.1, -0.05) is 12.1 Å². The Labute approximate surface area is 107 Å². The molecule has 0 aliphatic rings. The second-order valence-electron chi connectivity index (χ2n) is 4.21. The highest BCUT2D eigenvalue weighted by Gasteiger charge is 2.07. The van der Waals surface area contributed by atoms with Crippen LogP contribution in [0.2, 0.25) is 0 Å². The van der Waals surface area contributed by atoms with Crippen LogP contribution < -0.4 is 10.6 Å². The molecule has 0 aromatic carbocycles. The summed E-state index contributed by atoms with van der Waals surface area (Å²) in [5.74, 6) is 1.43. The third kappa shape index (κ3) is 2.97. The fourth-order valence-electron chi connectivity index (χ4n) is 1.85. The molecular weight excluding hydrogens is 224 g/mol. The fourth-order valence-corrected chi connectivity index (χ4v) is 1.85. The molecule has 2 N–H and O–H groups in total. The predicted molar refractivity (Wildman–Crippen MR) is 74.3 cm³/mol. The lowest BCUT2D eigenvalue weighted by Gasteiger charge is -2.21. The molecule has 0 spiro atoms. The first-order valence-corrected chi connectivity index (χ1v) is 6.09. The van der Waals surface area contributed by atoms with Gasteiger partial charge in [0.05, 0.1) is 12.2 Å². The largest absolute Gasteiger partial charge is 0.384 e. The number of nitrogen functional groups attached to an aromatic ring is 1. The van der Waals surface area contributed by atoms with Gasteiger partial charge >= 0.3 is 0 Å². The van der Waals surface area contributed by atoms with Crippen molar-refractivity contribution in [2.75, 3.05) is 17.2 Å². The van der Waals surface area contributed by atoms with E-state index in [1.165, 1.54) is 0 Å². The summed E-state index contributed by atoms with van der Waals surface area (Å²) in [5, 5.41) is 0. The molecule has 0 amide bonds. The molecule has 0 fully saturated rings. The van der Waals surface area contributed by atoms with Gasteiger partial charge in [0.15, 0.2) is 0 Å². The Morgan fingerprint density at radius 2 is 1.89 bits per heavy atom. The predicted octanol–water partition coefficient (Wildman–Crippen LogP) is 2.39. The van der Waals surface area contributed by atoms with Gasteiger partial charge in [-0.05, 0) is 38.1 Å². The number of nitrogens with zero attached hydrogens (tertiary/aromatic N) is 3. The summed E-state index contributed by atoms with van der Waals surface area (Å²) in [6, 6.07) is 11.7. The molecule has 0 aliphatic carbocycles. The Morgan fingerprint density at radius 3 is 2.56 bits per heavy atom. The first kappa shape index (κ1) is 12.4. The van der Waals surface area contributed by atoms with Crippen LogP contribution in [0.4, 0.5) is 11.6 Å². The Kier molecular flexibility index (Phi) is 3.77. The van der Waals surface area contributed by atoms with Gasteiger partial charge in [-0.15, -0.1) is 0 Å². The molecule has 94 valence electrons. The van der Waals surface area contributed by atoms with E-state index in [-0.39, 0.29) is 0 Å². The van der Waals surface area contributed by atoms with E-state index in [0.717, 1.165) is 30.3 Å². The topological polar surface area (TPSA) is 55.0 Å². The molecule has 0 unspecified atom stereocenters. The number of aryl methyl sites for hydroxylation is 1. The average Bonchev–Trinajstić information content (AvgIpc) is 2.36. The van der Waals surface area contributed by atoms with Crippen molar-refractivity contribution in [3.8, 4) is 0 Å². The van der Waals surface area contributed by atoms with E-state index in [4.69, 9.17) is 5.73 Å². The van der Waals surface area contributed by atoms with Crippen LogP contribution >= 0.6 is 0 Å². The van der Waals surface area contributed by atoms with E-state index in [0.29, 0.717) is 5.82 Å². The lowest BCUT2D eigenvalue weighted by Crippen LogP contribution is -2.23. The molecule has 2 heterocycles. The van der Waals surface area contributed by atoms with Gasteiger partial charge in [0.2, 0.25) is 0 Å². The molecular formula is C14H18N4. The summed E-state index contributed by atoms with van der Waals surface area (Å²) < 4.78 is 0. The molecule has 0 bridgehead atoms.